The molecule has 64 valence electrons. The van der Waals surface area contributed by atoms with Crippen molar-refractivity contribution in [2.75, 3.05) is 11.5 Å². The Kier molecular flexibility index (Phi) is 7.95. The lowest BCUT2D eigenvalue weighted by Gasteiger charge is -2.02. The molecule has 0 rings (SSSR count). The maximum atomic E-state index is 5.26. The zero-order chi connectivity index (χ0) is 8.53. The van der Waals surface area contributed by atoms with Crippen molar-refractivity contribution in [1.82, 2.24) is 0 Å². The Hall–Kier alpha value is -0.0900. The van der Waals surface area contributed by atoms with Gasteiger partial charge in [0.05, 0.1) is 0 Å². The van der Waals surface area contributed by atoms with Crippen molar-refractivity contribution in [3.63, 3.8) is 0 Å². The number of terminal acetylenes is 1. The van der Waals surface area contributed by atoms with Crippen LogP contribution in [-0.2, 0) is 0 Å². The molecule has 0 N–H and O–H groups in total. The highest BCUT2D eigenvalue weighted by Crippen LogP contribution is 2.09. The van der Waals surface area contributed by atoms with Crippen molar-refractivity contribution in [2.45, 2.75) is 33.1 Å². The summed E-state index contributed by atoms with van der Waals surface area (Å²) in [6.07, 6.45) is 9.07. The van der Waals surface area contributed by atoms with Gasteiger partial charge in [-0.05, 0) is 24.3 Å². The second-order valence-electron chi connectivity index (χ2n) is 2.76. The topological polar surface area (TPSA) is 0 Å². The summed E-state index contributed by atoms with van der Waals surface area (Å²) in [4.78, 5) is 0. The van der Waals surface area contributed by atoms with Crippen molar-refractivity contribution in [2.24, 2.45) is 5.92 Å². The van der Waals surface area contributed by atoms with Crippen molar-refractivity contribution in [3.8, 4) is 12.3 Å². The molecule has 0 aliphatic rings. The summed E-state index contributed by atoms with van der Waals surface area (Å²) < 4.78 is 0. The van der Waals surface area contributed by atoms with Crippen LogP contribution in [0.15, 0.2) is 0 Å². The third-order valence-electron chi connectivity index (χ3n) is 1.66. The van der Waals surface area contributed by atoms with Crippen LogP contribution in [0.2, 0.25) is 0 Å². The molecule has 1 heteroatoms. The van der Waals surface area contributed by atoms with E-state index in [9.17, 15) is 0 Å². The molecule has 0 spiro atoms. The van der Waals surface area contributed by atoms with Crippen LogP contribution in [0.3, 0.4) is 0 Å². The highest BCUT2D eigenvalue weighted by molar-refractivity contribution is 7.99. The van der Waals surface area contributed by atoms with E-state index in [1.54, 1.807) is 0 Å². The van der Waals surface area contributed by atoms with Gasteiger partial charge in [-0.2, -0.15) is 11.8 Å². The van der Waals surface area contributed by atoms with E-state index in [1.165, 1.54) is 30.8 Å². The fourth-order valence-electron chi connectivity index (χ4n) is 0.882. The Balaban J connectivity index is 2.97. The largest absolute Gasteiger partial charge is 0.162 e. The molecule has 0 aromatic carbocycles. The third kappa shape index (κ3) is 7.81. The average Bonchev–Trinajstić information content (AvgIpc) is 2.04. The number of rotatable bonds is 6. The molecule has 0 saturated heterocycles. The van der Waals surface area contributed by atoms with Gasteiger partial charge >= 0.3 is 0 Å². The maximum absolute atomic E-state index is 5.26. The second kappa shape index (κ2) is 8.01. The Labute approximate surface area is 75.1 Å². The minimum absolute atomic E-state index is 0.474. The smallest absolute Gasteiger partial charge is 0.0171 e. The maximum Gasteiger partial charge on any atom is 0.0171 e. The normalized spacial score (nSPS) is 12.5. The van der Waals surface area contributed by atoms with Gasteiger partial charge in [-0.3, -0.25) is 0 Å². The first-order chi connectivity index (χ1) is 5.31. The van der Waals surface area contributed by atoms with Crippen LogP contribution in [0.1, 0.15) is 33.1 Å². The van der Waals surface area contributed by atoms with E-state index in [4.69, 9.17) is 6.42 Å². The molecule has 0 aliphatic carbocycles. The van der Waals surface area contributed by atoms with Crippen molar-refractivity contribution >= 4 is 11.8 Å². The highest BCUT2D eigenvalue weighted by Gasteiger charge is 1.95. The fraction of sp³-hybridized carbons (Fsp3) is 0.800. The van der Waals surface area contributed by atoms with E-state index in [1.807, 2.05) is 11.8 Å². The Morgan fingerprint density at radius 3 is 2.73 bits per heavy atom. The molecule has 0 aliphatic heterocycles. The molecule has 0 bridgehead atoms. The Morgan fingerprint density at radius 1 is 1.45 bits per heavy atom. The van der Waals surface area contributed by atoms with E-state index in [2.05, 4.69) is 19.8 Å². The first-order valence-corrected chi connectivity index (χ1v) is 5.50. The third-order valence-corrected chi connectivity index (χ3v) is 2.65. The first-order valence-electron chi connectivity index (χ1n) is 4.35. The van der Waals surface area contributed by atoms with Crippen molar-refractivity contribution in [1.29, 1.82) is 0 Å². The lowest BCUT2D eigenvalue weighted by Crippen LogP contribution is -1.90. The lowest BCUT2D eigenvalue weighted by atomic mass is 10.1. The van der Waals surface area contributed by atoms with Gasteiger partial charge in [0.15, 0.2) is 0 Å². The number of hydrogen-bond acceptors (Lipinski definition) is 1. The van der Waals surface area contributed by atoms with E-state index >= 15 is 0 Å². The Morgan fingerprint density at radius 2 is 2.18 bits per heavy atom. The van der Waals surface area contributed by atoms with Crippen LogP contribution in [0.5, 0.6) is 0 Å². The zero-order valence-corrected chi connectivity index (χ0v) is 8.41. The van der Waals surface area contributed by atoms with Gasteiger partial charge in [0.25, 0.3) is 0 Å². The summed E-state index contributed by atoms with van der Waals surface area (Å²) in [5, 5.41) is 0. The van der Waals surface area contributed by atoms with Gasteiger partial charge in [0, 0.05) is 5.92 Å². The predicted molar refractivity (Wildman–Crippen MR) is 54.8 cm³/mol. The quantitative estimate of drug-likeness (QED) is 0.436. The van der Waals surface area contributed by atoms with Crippen LogP contribution in [-0.4, -0.2) is 11.5 Å². The SMILES string of the molecule is C#CC(C)CCCCSCC. The Bertz CT molecular complexity index is 113. The summed E-state index contributed by atoms with van der Waals surface area (Å²) in [6.45, 7) is 4.32. The minimum Gasteiger partial charge on any atom is -0.162 e. The molecule has 11 heavy (non-hydrogen) atoms. The number of unbranched alkanes of at least 4 members (excludes halogenated alkanes) is 1. The molecular formula is C10H18S. The molecule has 0 radical (unpaired) electrons. The van der Waals surface area contributed by atoms with Crippen LogP contribution in [0, 0.1) is 18.3 Å². The molecule has 0 heterocycles. The molecule has 1 unspecified atom stereocenters. The van der Waals surface area contributed by atoms with Crippen LogP contribution >= 0.6 is 11.8 Å². The van der Waals surface area contributed by atoms with E-state index in [0.717, 1.165) is 0 Å². The lowest BCUT2D eigenvalue weighted by molar-refractivity contribution is 0.616. The summed E-state index contributed by atoms with van der Waals surface area (Å²) in [5.41, 5.74) is 0. The summed E-state index contributed by atoms with van der Waals surface area (Å²) >= 11 is 2.02. The first kappa shape index (κ1) is 10.9. The fourth-order valence-corrected chi connectivity index (χ4v) is 1.58. The predicted octanol–water partition coefficient (Wildman–Crippen LogP) is 3.18. The van der Waals surface area contributed by atoms with Gasteiger partial charge in [-0.25, -0.2) is 0 Å². The van der Waals surface area contributed by atoms with Crippen LogP contribution in [0.4, 0.5) is 0 Å². The van der Waals surface area contributed by atoms with Gasteiger partial charge in [-0.1, -0.05) is 20.3 Å². The van der Waals surface area contributed by atoms with Crippen LogP contribution in [0.25, 0.3) is 0 Å². The monoisotopic (exact) mass is 170 g/mol. The number of hydrogen-bond donors (Lipinski definition) is 0. The molecule has 0 fully saturated rings. The van der Waals surface area contributed by atoms with E-state index in [-0.39, 0.29) is 0 Å². The highest BCUT2D eigenvalue weighted by atomic mass is 32.2. The molecule has 1 atom stereocenters. The molecule has 0 aromatic heterocycles. The van der Waals surface area contributed by atoms with Crippen molar-refractivity contribution in [3.05, 3.63) is 0 Å². The molecule has 0 saturated carbocycles. The number of thioether (sulfide) groups is 1. The van der Waals surface area contributed by atoms with Gasteiger partial charge in [0.2, 0.25) is 0 Å². The van der Waals surface area contributed by atoms with Crippen molar-refractivity contribution < 1.29 is 0 Å². The molecule has 0 amide bonds. The summed E-state index contributed by atoms with van der Waals surface area (Å²) in [7, 11) is 0. The summed E-state index contributed by atoms with van der Waals surface area (Å²) in [6, 6.07) is 0. The molecule has 0 aromatic rings. The standard InChI is InChI=1S/C10H18S/c1-4-10(3)8-6-7-9-11-5-2/h1,10H,5-9H2,2-3H3. The summed E-state index contributed by atoms with van der Waals surface area (Å²) in [5.74, 6) is 5.76. The molecular weight excluding hydrogens is 152 g/mol. The van der Waals surface area contributed by atoms with E-state index in [0.29, 0.717) is 5.92 Å². The van der Waals surface area contributed by atoms with Gasteiger partial charge in [0.1, 0.15) is 0 Å². The average molecular weight is 170 g/mol. The minimum atomic E-state index is 0.474. The molecule has 0 nitrogen and oxygen atoms in total. The zero-order valence-electron chi connectivity index (χ0n) is 7.60. The van der Waals surface area contributed by atoms with Gasteiger partial charge in [-0.15, -0.1) is 12.3 Å². The van der Waals surface area contributed by atoms with Gasteiger partial charge < -0.3 is 0 Å². The van der Waals surface area contributed by atoms with Crippen LogP contribution < -0.4 is 0 Å². The van der Waals surface area contributed by atoms with E-state index < -0.39 is 0 Å². The second-order valence-corrected chi connectivity index (χ2v) is 4.15.